The Morgan fingerprint density at radius 2 is 1.95 bits per heavy atom. The van der Waals surface area contributed by atoms with Crippen LogP contribution < -0.4 is 4.74 Å². The van der Waals surface area contributed by atoms with Gasteiger partial charge in [-0.05, 0) is 30.3 Å². The molecule has 106 valence electrons. The average molecular weight is 297 g/mol. The van der Waals surface area contributed by atoms with Crippen LogP contribution in [-0.4, -0.2) is 17.2 Å². The Balaban J connectivity index is 2.02. The Morgan fingerprint density at radius 1 is 1.10 bits per heavy atom. The van der Waals surface area contributed by atoms with Gasteiger partial charge in [-0.1, -0.05) is 36.0 Å². The quantitative estimate of drug-likeness (QED) is 0.793. The molecule has 3 nitrogen and oxygen atoms in total. The summed E-state index contributed by atoms with van der Waals surface area (Å²) in [5.41, 5.74) is 1.77. The number of aliphatic hydroxyl groups is 1. The summed E-state index contributed by atoms with van der Waals surface area (Å²) in [4.78, 5) is 5.69. The Bertz CT molecular complexity index is 774. The number of aliphatic hydroxyl groups excluding tert-OH is 1. The highest BCUT2D eigenvalue weighted by atomic mass is 32.2. The maximum Gasteiger partial charge on any atom is 0.119 e. The molecule has 0 atom stereocenters. The number of nitrogens with zero attached hydrogens (tertiary/aromatic N) is 1. The second kappa shape index (κ2) is 6.16. The first-order chi connectivity index (χ1) is 10.3. The van der Waals surface area contributed by atoms with Gasteiger partial charge in [0, 0.05) is 15.8 Å². The molecule has 0 bridgehead atoms. The van der Waals surface area contributed by atoms with Gasteiger partial charge in [-0.2, -0.15) is 0 Å². The molecule has 21 heavy (non-hydrogen) atoms. The van der Waals surface area contributed by atoms with Crippen molar-refractivity contribution in [2.24, 2.45) is 0 Å². The van der Waals surface area contributed by atoms with Gasteiger partial charge >= 0.3 is 0 Å². The SMILES string of the molecule is COc1cccc(Sc2nc3ccccc3cc2CO)c1. The molecule has 4 heteroatoms. The van der Waals surface area contributed by atoms with Crippen LogP contribution in [0.4, 0.5) is 0 Å². The van der Waals surface area contributed by atoms with Crippen LogP contribution in [0.25, 0.3) is 10.9 Å². The Hall–Kier alpha value is -2.04. The Kier molecular flexibility index (Phi) is 4.08. The summed E-state index contributed by atoms with van der Waals surface area (Å²) in [6.45, 7) is -0.0237. The number of rotatable bonds is 4. The molecule has 0 fully saturated rings. The molecule has 3 rings (SSSR count). The van der Waals surface area contributed by atoms with E-state index in [0.717, 1.165) is 32.1 Å². The lowest BCUT2D eigenvalue weighted by molar-refractivity contribution is 0.278. The highest BCUT2D eigenvalue weighted by Crippen LogP contribution is 2.32. The van der Waals surface area contributed by atoms with Gasteiger partial charge in [-0.3, -0.25) is 0 Å². The van der Waals surface area contributed by atoms with Gasteiger partial charge in [0.15, 0.2) is 0 Å². The number of para-hydroxylation sites is 1. The highest BCUT2D eigenvalue weighted by Gasteiger charge is 2.08. The third-order valence-corrected chi connectivity index (χ3v) is 4.23. The van der Waals surface area contributed by atoms with E-state index in [-0.39, 0.29) is 6.61 Å². The first-order valence-electron chi connectivity index (χ1n) is 6.61. The average Bonchev–Trinajstić information content (AvgIpc) is 2.54. The van der Waals surface area contributed by atoms with Crippen molar-refractivity contribution in [1.29, 1.82) is 0 Å². The third kappa shape index (κ3) is 3.01. The number of fused-ring (bicyclic) bond motifs is 1. The van der Waals surface area contributed by atoms with Crippen LogP contribution in [0.5, 0.6) is 5.75 Å². The smallest absolute Gasteiger partial charge is 0.119 e. The molecule has 0 amide bonds. The summed E-state index contributed by atoms with van der Waals surface area (Å²) in [5, 5.41) is 11.4. The molecule has 0 aliphatic heterocycles. The summed E-state index contributed by atoms with van der Waals surface area (Å²) >= 11 is 1.53. The van der Waals surface area contributed by atoms with Crippen molar-refractivity contribution in [3.05, 3.63) is 60.2 Å². The zero-order valence-corrected chi connectivity index (χ0v) is 12.4. The summed E-state index contributed by atoms with van der Waals surface area (Å²) in [6.07, 6.45) is 0. The fraction of sp³-hybridized carbons (Fsp3) is 0.118. The summed E-state index contributed by atoms with van der Waals surface area (Å²) in [5.74, 6) is 0.811. The van der Waals surface area contributed by atoms with Gasteiger partial charge in [0.05, 0.1) is 19.2 Å². The molecule has 0 aliphatic rings. The van der Waals surface area contributed by atoms with E-state index < -0.39 is 0 Å². The van der Waals surface area contributed by atoms with Crippen LogP contribution in [0.15, 0.2) is 64.5 Å². The van der Waals surface area contributed by atoms with Crippen LogP contribution in [0.3, 0.4) is 0 Å². The standard InChI is InChI=1S/C17H15NO2S/c1-20-14-6-4-7-15(10-14)21-17-13(11-19)9-12-5-2-3-8-16(12)18-17/h2-10,19H,11H2,1H3. The second-order valence-electron chi connectivity index (χ2n) is 4.58. The fourth-order valence-electron chi connectivity index (χ4n) is 2.12. The maximum absolute atomic E-state index is 9.58. The normalized spacial score (nSPS) is 10.8. The Morgan fingerprint density at radius 3 is 2.76 bits per heavy atom. The lowest BCUT2D eigenvalue weighted by atomic mass is 10.2. The van der Waals surface area contributed by atoms with Crippen molar-refractivity contribution in [3.8, 4) is 5.75 Å². The number of methoxy groups -OCH3 is 1. The van der Waals surface area contributed by atoms with Crippen LogP contribution in [0.1, 0.15) is 5.56 Å². The first kappa shape index (κ1) is 13.9. The first-order valence-corrected chi connectivity index (χ1v) is 7.43. The van der Waals surface area contributed by atoms with E-state index in [0.29, 0.717) is 0 Å². The molecule has 0 unspecified atom stereocenters. The van der Waals surface area contributed by atoms with Crippen molar-refractivity contribution < 1.29 is 9.84 Å². The minimum absolute atomic E-state index is 0.0237. The predicted molar refractivity (Wildman–Crippen MR) is 84.8 cm³/mol. The summed E-state index contributed by atoms with van der Waals surface area (Å²) in [7, 11) is 1.65. The largest absolute Gasteiger partial charge is 0.497 e. The molecule has 0 radical (unpaired) electrons. The van der Waals surface area contributed by atoms with Gasteiger partial charge in [-0.25, -0.2) is 4.98 Å². The molecular weight excluding hydrogens is 282 g/mol. The van der Waals surface area contributed by atoms with E-state index in [9.17, 15) is 5.11 Å². The molecule has 1 heterocycles. The highest BCUT2D eigenvalue weighted by molar-refractivity contribution is 7.99. The fourth-order valence-corrected chi connectivity index (χ4v) is 3.06. The van der Waals surface area contributed by atoms with E-state index in [1.165, 1.54) is 11.8 Å². The number of hydrogen-bond donors (Lipinski definition) is 1. The van der Waals surface area contributed by atoms with E-state index >= 15 is 0 Å². The van der Waals surface area contributed by atoms with Crippen LogP contribution in [0, 0.1) is 0 Å². The summed E-state index contributed by atoms with van der Waals surface area (Å²) < 4.78 is 5.24. The topological polar surface area (TPSA) is 42.4 Å². The number of aromatic nitrogens is 1. The van der Waals surface area contributed by atoms with Gasteiger partial charge in [0.1, 0.15) is 10.8 Å². The number of benzene rings is 2. The number of hydrogen-bond acceptors (Lipinski definition) is 4. The molecule has 2 aromatic carbocycles. The van der Waals surface area contributed by atoms with Crippen molar-refractivity contribution in [2.75, 3.05) is 7.11 Å². The minimum Gasteiger partial charge on any atom is -0.497 e. The van der Waals surface area contributed by atoms with E-state index in [1.54, 1.807) is 7.11 Å². The van der Waals surface area contributed by atoms with Gasteiger partial charge in [-0.15, -0.1) is 0 Å². The third-order valence-electron chi connectivity index (χ3n) is 3.19. The molecule has 3 aromatic rings. The lowest BCUT2D eigenvalue weighted by Gasteiger charge is -2.09. The van der Waals surface area contributed by atoms with E-state index in [1.807, 2.05) is 54.6 Å². The summed E-state index contributed by atoms with van der Waals surface area (Å²) in [6, 6.07) is 17.7. The van der Waals surface area contributed by atoms with Crippen molar-refractivity contribution >= 4 is 22.7 Å². The Labute approximate surface area is 127 Å². The predicted octanol–water partition coefficient (Wildman–Crippen LogP) is 3.89. The number of pyridine rings is 1. The van der Waals surface area contributed by atoms with E-state index in [4.69, 9.17) is 4.74 Å². The minimum atomic E-state index is -0.0237. The lowest BCUT2D eigenvalue weighted by Crippen LogP contribution is -1.93. The van der Waals surface area contributed by atoms with Crippen molar-refractivity contribution in [1.82, 2.24) is 4.98 Å². The zero-order valence-electron chi connectivity index (χ0n) is 11.6. The van der Waals surface area contributed by atoms with Gasteiger partial charge in [0.2, 0.25) is 0 Å². The zero-order chi connectivity index (χ0) is 14.7. The molecule has 0 spiro atoms. The van der Waals surface area contributed by atoms with Gasteiger partial charge < -0.3 is 9.84 Å². The van der Waals surface area contributed by atoms with Gasteiger partial charge in [0.25, 0.3) is 0 Å². The van der Waals surface area contributed by atoms with Crippen molar-refractivity contribution in [2.45, 2.75) is 16.5 Å². The molecule has 0 saturated heterocycles. The molecule has 1 N–H and O–H groups in total. The molecule has 0 aliphatic carbocycles. The molecular formula is C17H15NO2S. The number of ether oxygens (including phenoxy) is 1. The van der Waals surface area contributed by atoms with Crippen molar-refractivity contribution in [3.63, 3.8) is 0 Å². The second-order valence-corrected chi connectivity index (χ2v) is 5.65. The molecule has 1 aromatic heterocycles. The molecule has 0 saturated carbocycles. The van der Waals surface area contributed by atoms with Crippen LogP contribution >= 0.6 is 11.8 Å². The monoisotopic (exact) mass is 297 g/mol. The van der Waals surface area contributed by atoms with E-state index in [2.05, 4.69) is 4.98 Å². The van der Waals surface area contributed by atoms with Crippen LogP contribution in [-0.2, 0) is 6.61 Å². The van der Waals surface area contributed by atoms with Crippen LogP contribution in [0.2, 0.25) is 0 Å². The maximum atomic E-state index is 9.58.